The lowest BCUT2D eigenvalue weighted by Gasteiger charge is -2.29. The molecule has 6 nitrogen and oxygen atoms in total. The van der Waals surface area contributed by atoms with Gasteiger partial charge in [-0.15, -0.1) is 0 Å². The zero-order valence-electron chi connectivity index (χ0n) is 20.0. The molecule has 0 bridgehead atoms. The van der Waals surface area contributed by atoms with E-state index in [0.29, 0.717) is 19.5 Å². The van der Waals surface area contributed by atoms with E-state index in [2.05, 4.69) is 5.32 Å². The van der Waals surface area contributed by atoms with Gasteiger partial charge in [0.05, 0.1) is 20.6 Å². The predicted molar refractivity (Wildman–Crippen MR) is 133 cm³/mol. The van der Waals surface area contributed by atoms with Crippen LogP contribution in [0.4, 0.5) is 0 Å². The number of ether oxygens (including phenoxy) is 2. The molecule has 0 spiro atoms. The molecule has 2 amide bonds. The number of rotatable bonds is 11. The van der Waals surface area contributed by atoms with Crippen molar-refractivity contribution in [3.05, 3.63) is 95.6 Å². The fourth-order valence-corrected chi connectivity index (χ4v) is 3.65. The van der Waals surface area contributed by atoms with Crippen LogP contribution in [0.25, 0.3) is 0 Å². The van der Waals surface area contributed by atoms with Crippen molar-refractivity contribution in [1.82, 2.24) is 10.2 Å². The van der Waals surface area contributed by atoms with Crippen molar-refractivity contribution in [2.45, 2.75) is 32.4 Å². The van der Waals surface area contributed by atoms with Gasteiger partial charge in [-0.25, -0.2) is 0 Å². The van der Waals surface area contributed by atoms with Crippen LogP contribution in [-0.4, -0.2) is 43.5 Å². The second-order valence-electron chi connectivity index (χ2n) is 8.10. The van der Waals surface area contributed by atoms with Crippen molar-refractivity contribution >= 4 is 11.8 Å². The first-order chi connectivity index (χ1) is 16.5. The third kappa shape index (κ3) is 7.10. The molecule has 0 heterocycles. The molecular formula is C28H32N2O4. The Balaban J connectivity index is 1.66. The van der Waals surface area contributed by atoms with E-state index >= 15 is 0 Å². The molecule has 178 valence electrons. The first-order valence-electron chi connectivity index (χ1n) is 11.4. The standard InChI is InChI=1S/C28H32N2O4/c1-21(28(32)29-18-17-22-9-13-25(33-2)14-10-22)30(20-24-11-15-26(34-3)16-12-24)27(31)19-23-7-5-4-6-8-23/h4-16,21H,17-20H2,1-3H3,(H,29,32)/t21-/m1/s1. The first kappa shape index (κ1) is 24.8. The normalized spacial score (nSPS) is 11.4. The highest BCUT2D eigenvalue weighted by Gasteiger charge is 2.26. The Morgan fingerprint density at radius 1 is 0.794 bits per heavy atom. The molecule has 0 unspecified atom stereocenters. The van der Waals surface area contributed by atoms with Gasteiger partial charge in [-0.1, -0.05) is 54.6 Å². The number of amides is 2. The maximum Gasteiger partial charge on any atom is 0.242 e. The summed E-state index contributed by atoms with van der Waals surface area (Å²) in [5, 5.41) is 2.98. The minimum atomic E-state index is -0.616. The molecule has 0 aromatic heterocycles. The molecule has 34 heavy (non-hydrogen) atoms. The fourth-order valence-electron chi connectivity index (χ4n) is 3.65. The van der Waals surface area contributed by atoms with Crippen LogP contribution in [-0.2, 0) is 29.0 Å². The van der Waals surface area contributed by atoms with Gasteiger partial charge in [-0.05, 0) is 54.3 Å². The molecule has 0 saturated carbocycles. The molecule has 0 fully saturated rings. The Hall–Kier alpha value is -3.80. The maximum absolute atomic E-state index is 13.3. The van der Waals surface area contributed by atoms with Gasteiger partial charge in [0.2, 0.25) is 11.8 Å². The van der Waals surface area contributed by atoms with Crippen molar-refractivity contribution in [1.29, 1.82) is 0 Å². The number of carbonyl (C=O) groups is 2. The number of methoxy groups -OCH3 is 2. The fraction of sp³-hybridized carbons (Fsp3) is 0.286. The van der Waals surface area contributed by atoms with E-state index in [0.717, 1.165) is 28.2 Å². The van der Waals surface area contributed by atoms with Gasteiger partial charge < -0.3 is 19.7 Å². The number of hydrogen-bond acceptors (Lipinski definition) is 4. The van der Waals surface area contributed by atoms with Crippen LogP contribution in [0.2, 0.25) is 0 Å². The summed E-state index contributed by atoms with van der Waals surface area (Å²) >= 11 is 0. The average Bonchev–Trinajstić information content (AvgIpc) is 2.88. The lowest BCUT2D eigenvalue weighted by Crippen LogP contribution is -2.48. The highest BCUT2D eigenvalue weighted by atomic mass is 16.5. The summed E-state index contributed by atoms with van der Waals surface area (Å²) in [4.78, 5) is 27.9. The van der Waals surface area contributed by atoms with E-state index in [1.165, 1.54) is 0 Å². The van der Waals surface area contributed by atoms with E-state index < -0.39 is 6.04 Å². The summed E-state index contributed by atoms with van der Waals surface area (Å²) in [5.41, 5.74) is 2.95. The first-order valence-corrected chi connectivity index (χ1v) is 11.4. The van der Waals surface area contributed by atoms with Gasteiger partial charge in [0.15, 0.2) is 0 Å². The molecule has 1 atom stereocenters. The Kier molecular flexibility index (Phi) is 9.09. The van der Waals surface area contributed by atoms with Crippen molar-refractivity contribution in [3.63, 3.8) is 0 Å². The van der Waals surface area contributed by atoms with Crippen LogP contribution in [0.5, 0.6) is 11.5 Å². The quantitative estimate of drug-likeness (QED) is 0.469. The minimum Gasteiger partial charge on any atom is -0.497 e. The molecule has 3 aromatic carbocycles. The van der Waals surface area contributed by atoms with E-state index in [1.54, 1.807) is 26.0 Å². The Bertz CT molecular complexity index is 1050. The van der Waals surface area contributed by atoms with E-state index in [-0.39, 0.29) is 18.2 Å². The smallest absolute Gasteiger partial charge is 0.242 e. The molecule has 1 N–H and O–H groups in total. The summed E-state index contributed by atoms with van der Waals surface area (Å²) < 4.78 is 10.4. The third-order valence-electron chi connectivity index (χ3n) is 5.75. The van der Waals surface area contributed by atoms with Gasteiger partial charge in [0.25, 0.3) is 0 Å². The van der Waals surface area contributed by atoms with Crippen molar-refractivity contribution in [3.8, 4) is 11.5 Å². The molecule has 3 aromatic rings. The molecular weight excluding hydrogens is 428 g/mol. The molecule has 0 aliphatic rings. The largest absolute Gasteiger partial charge is 0.497 e. The van der Waals surface area contributed by atoms with Crippen LogP contribution < -0.4 is 14.8 Å². The predicted octanol–water partition coefficient (Wildman–Crippen LogP) is 4.02. The van der Waals surface area contributed by atoms with Gasteiger partial charge in [0, 0.05) is 13.1 Å². The minimum absolute atomic E-state index is 0.0974. The summed E-state index contributed by atoms with van der Waals surface area (Å²) in [6.45, 7) is 2.59. The molecule has 0 aliphatic heterocycles. The number of nitrogens with zero attached hydrogens (tertiary/aromatic N) is 1. The highest BCUT2D eigenvalue weighted by Crippen LogP contribution is 2.16. The lowest BCUT2D eigenvalue weighted by molar-refractivity contribution is -0.140. The van der Waals surface area contributed by atoms with Crippen LogP contribution in [0.1, 0.15) is 23.6 Å². The lowest BCUT2D eigenvalue weighted by atomic mass is 10.1. The van der Waals surface area contributed by atoms with Gasteiger partial charge >= 0.3 is 0 Å². The van der Waals surface area contributed by atoms with E-state index in [9.17, 15) is 9.59 Å². The summed E-state index contributed by atoms with van der Waals surface area (Å²) in [5.74, 6) is 1.27. The number of nitrogens with one attached hydrogen (secondary N) is 1. The zero-order chi connectivity index (χ0) is 24.3. The van der Waals surface area contributed by atoms with Crippen molar-refractivity contribution in [2.75, 3.05) is 20.8 Å². The van der Waals surface area contributed by atoms with Gasteiger partial charge in [-0.2, -0.15) is 0 Å². The van der Waals surface area contributed by atoms with Crippen LogP contribution in [0.3, 0.4) is 0 Å². The van der Waals surface area contributed by atoms with Gasteiger partial charge in [0.1, 0.15) is 17.5 Å². The summed E-state index contributed by atoms with van der Waals surface area (Å²) in [7, 11) is 3.25. The second-order valence-corrected chi connectivity index (χ2v) is 8.10. The summed E-state index contributed by atoms with van der Waals surface area (Å²) in [6.07, 6.45) is 0.930. The Morgan fingerprint density at radius 3 is 1.91 bits per heavy atom. The van der Waals surface area contributed by atoms with Crippen LogP contribution in [0, 0.1) is 0 Å². The number of hydrogen-bond donors (Lipinski definition) is 1. The molecule has 0 saturated heterocycles. The van der Waals surface area contributed by atoms with Crippen LogP contribution in [0.15, 0.2) is 78.9 Å². The van der Waals surface area contributed by atoms with Crippen molar-refractivity contribution < 1.29 is 19.1 Å². The van der Waals surface area contributed by atoms with Gasteiger partial charge in [-0.3, -0.25) is 9.59 Å². The highest BCUT2D eigenvalue weighted by molar-refractivity contribution is 5.88. The van der Waals surface area contributed by atoms with E-state index in [1.807, 2.05) is 78.9 Å². The maximum atomic E-state index is 13.3. The molecule has 0 aliphatic carbocycles. The molecule has 3 rings (SSSR count). The summed E-state index contributed by atoms with van der Waals surface area (Å²) in [6, 6.07) is 24.3. The Labute approximate surface area is 201 Å². The Morgan fingerprint density at radius 2 is 1.35 bits per heavy atom. The molecule has 0 radical (unpaired) electrons. The van der Waals surface area contributed by atoms with Crippen molar-refractivity contribution in [2.24, 2.45) is 0 Å². The molecule has 6 heteroatoms. The number of carbonyl (C=O) groups excluding carboxylic acids is 2. The topological polar surface area (TPSA) is 67.9 Å². The monoisotopic (exact) mass is 460 g/mol. The average molecular weight is 461 g/mol. The van der Waals surface area contributed by atoms with Crippen LogP contribution >= 0.6 is 0 Å². The van der Waals surface area contributed by atoms with E-state index in [4.69, 9.17) is 9.47 Å². The SMILES string of the molecule is COc1ccc(CCNC(=O)[C@@H](C)N(Cc2ccc(OC)cc2)C(=O)Cc2ccccc2)cc1. The zero-order valence-corrected chi connectivity index (χ0v) is 20.0. The second kappa shape index (κ2) is 12.4. The third-order valence-corrected chi connectivity index (χ3v) is 5.75. The number of benzene rings is 3.